The van der Waals surface area contributed by atoms with Gasteiger partial charge < -0.3 is 0 Å². The fourth-order valence-corrected chi connectivity index (χ4v) is 5.52. The molecule has 160 valence electrons. The number of aliphatic imine (C=N–C) groups is 1. The van der Waals surface area contributed by atoms with Gasteiger partial charge in [0.15, 0.2) is 0 Å². The van der Waals surface area contributed by atoms with Gasteiger partial charge in [-0.1, -0.05) is 53.5 Å². The lowest BCUT2D eigenvalue weighted by Crippen LogP contribution is -2.41. The number of nitrogens with one attached hydrogen (secondary N) is 1. The Morgan fingerprint density at radius 1 is 1.10 bits per heavy atom. The van der Waals surface area contributed by atoms with Gasteiger partial charge in [-0.3, -0.25) is 4.99 Å². The predicted molar refractivity (Wildman–Crippen MR) is 127 cm³/mol. The molecule has 1 aliphatic heterocycles. The topological polar surface area (TPSA) is 74.1 Å². The van der Waals surface area contributed by atoms with Crippen LogP contribution >= 0.6 is 34.5 Å². The lowest BCUT2D eigenvalue weighted by atomic mass is 9.94. The summed E-state index contributed by atoms with van der Waals surface area (Å²) in [5, 5.41) is 6.75. The molecule has 2 aromatic carbocycles. The summed E-state index contributed by atoms with van der Waals surface area (Å²) in [5.41, 5.74) is 1.89. The van der Waals surface area contributed by atoms with Gasteiger partial charge in [0, 0.05) is 18.0 Å². The minimum Gasteiger partial charge on any atom is -0.254 e. The second kappa shape index (κ2) is 9.00. The maximum absolute atomic E-state index is 12.9. The third kappa shape index (κ3) is 4.77. The Hall–Kier alpha value is -2.39. The van der Waals surface area contributed by atoms with E-state index in [9.17, 15) is 8.42 Å². The average Bonchev–Trinajstić information content (AvgIpc) is 3.39. The summed E-state index contributed by atoms with van der Waals surface area (Å²) in [6.45, 7) is 0.435. The molecule has 6 nitrogen and oxygen atoms in total. The van der Waals surface area contributed by atoms with Crippen LogP contribution in [0.15, 0.2) is 81.7 Å². The highest BCUT2D eigenvalue weighted by Crippen LogP contribution is 2.33. The number of rotatable bonds is 4. The SMILES string of the molecule is CN=C(NS(=O)(=O)c1ccc(Cl)cc1)N1CC(c2ccccc2)C(c2ccc(Cl)s2)=N1. The molecule has 0 spiro atoms. The van der Waals surface area contributed by atoms with Gasteiger partial charge in [0.05, 0.1) is 26.4 Å². The molecule has 31 heavy (non-hydrogen) atoms. The van der Waals surface area contributed by atoms with E-state index in [4.69, 9.17) is 28.3 Å². The van der Waals surface area contributed by atoms with Gasteiger partial charge >= 0.3 is 0 Å². The molecule has 1 aromatic heterocycles. The van der Waals surface area contributed by atoms with Crippen molar-refractivity contribution in [3.8, 4) is 0 Å². The first kappa shape index (κ1) is 21.8. The van der Waals surface area contributed by atoms with Crippen LogP contribution in [0.25, 0.3) is 0 Å². The smallest absolute Gasteiger partial charge is 0.254 e. The van der Waals surface area contributed by atoms with Gasteiger partial charge in [-0.2, -0.15) is 5.10 Å². The first-order valence-electron chi connectivity index (χ1n) is 9.29. The highest BCUT2D eigenvalue weighted by Gasteiger charge is 2.33. The Balaban J connectivity index is 1.66. The third-order valence-electron chi connectivity index (χ3n) is 4.75. The van der Waals surface area contributed by atoms with Crippen LogP contribution in [-0.2, 0) is 10.0 Å². The van der Waals surface area contributed by atoms with Crippen molar-refractivity contribution >= 4 is 56.2 Å². The van der Waals surface area contributed by atoms with E-state index in [0.717, 1.165) is 16.2 Å². The van der Waals surface area contributed by atoms with Gasteiger partial charge in [-0.05, 0) is 42.0 Å². The molecular formula is C21H18Cl2N4O2S2. The number of hydrogen-bond acceptors (Lipinski definition) is 5. The number of benzene rings is 2. The highest BCUT2D eigenvalue weighted by atomic mass is 35.5. The first-order valence-corrected chi connectivity index (χ1v) is 12.3. The second-order valence-corrected chi connectivity index (χ2v) is 10.6. The Kier molecular flexibility index (Phi) is 6.34. The Morgan fingerprint density at radius 3 is 2.42 bits per heavy atom. The second-order valence-electron chi connectivity index (χ2n) is 6.74. The van der Waals surface area contributed by atoms with E-state index < -0.39 is 10.0 Å². The summed E-state index contributed by atoms with van der Waals surface area (Å²) in [7, 11) is -2.33. The largest absolute Gasteiger partial charge is 0.264 e. The van der Waals surface area contributed by atoms with Crippen molar-refractivity contribution in [3.63, 3.8) is 0 Å². The maximum Gasteiger partial charge on any atom is 0.264 e. The molecule has 1 aliphatic rings. The minimum absolute atomic E-state index is 0.0623. The maximum atomic E-state index is 12.9. The average molecular weight is 493 g/mol. The van der Waals surface area contributed by atoms with Crippen molar-refractivity contribution in [1.82, 2.24) is 9.73 Å². The molecule has 0 radical (unpaired) electrons. The van der Waals surface area contributed by atoms with Crippen molar-refractivity contribution in [2.24, 2.45) is 10.1 Å². The molecule has 1 N–H and O–H groups in total. The van der Waals surface area contributed by atoms with E-state index in [2.05, 4.69) is 9.71 Å². The first-order chi connectivity index (χ1) is 14.9. The Bertz CT molecular complexity index is 1240. The Morgan fingerprint density at radius 2 is 1.81 bits per heavy atom. The zero-order chi connectivity index (χ0) is 22.0. The van der Waals surface area contributed by atoms with Crippen LogP contribution in [0.2, 0.25) is 9.36 Å². The summed E-state index contributed by atoms with van der Waals surface area (Å²) in [4.78, 5) is 5.17. The predicted octanol–water partition coefficient (Wildman–Crippen LogP) is 4.82. The lowest BCUT2D eigenvalue weighted by molar-refractivity contribution is 0.462. The normalized spacial score (nSPS) is 17.0. The molecule has 4 rings (SSSR count). The molecular weight excluding hydrogens is 475 g/mol. The summed E-state index contributed by atoms with van der Waals surface area (Å²) in [5.74, 6) is 0.0706. The lowest BCUT2D eigenvalue weighted by Gasteiger charge is -2.19. The van der Waals surface area contributed by atoms with Gasteiger partial charge in [0.25, 0.3) is 10.0 Å². The zero-order valence-electron chi connectivity index (χ0n) is 16.4. The van der Waals surface area contributed by atoms with Gasteiger partial charge in [0.2, 0.25) is 5.96 Å². The molecule has 0 bridgehead atoms. The number of halogens is 2. The molecule has 2 heterocycles. The highest BCUT2D eigenvalue weighted by molar-refractivity contribution is 7.90. The van der Waals surface area contributed by atoms with E-state index in [1.165, 1.54) is 42.6 Å². The molecule has 0 saturated heterocycles. The van der Waals surface area contributed by atoms with E-state index in [-0.39, 0.29) is 16.8 Å². The zero-order valence-corrected chi connectivity index (χ0v) is 19.5. The van der Waals surface area contributed by atoms with Crippen LogP contribution in [0.3, 0.4) is 0 Å². The van der Waals surface area contributed by atoms with Crippen molar-refractivity contribution in [2.75, 3.05) is 13.6 Å². The molecule has 1 atom stereocenters. The molecule has 1 unspecified atom stereocenters. The quantitative estimate of drug-likeness (QED) is 0.418. The van der Waals surface area contributed by atoms with E-state index in [1.807, 2.05) is 42.5 Å². The van der Waals surface area contributed by atoms with Crippen LogP contribution in [0.4, 0.5) is 0 Å². The molecule has 10 heteroatoms. The fraction of sp³-hybridized carbons (Fsp3) is 0.143. The molecule has 0 saturated carbocycles. The minimum atomic E-state index is -3.85. The van der Waals surface area contributed by atoms with Crippen LogP contribution in [0.1, 0.15) is 16.4 Å². The fourth-order valence-electron chi connectivity index (χ4n) is 3.26. The summed E-state index contributed by atoms with van der Waals surface area (Å²) >= 11 is 13.5. The number of thiophene rings is 1. The van der Waals surface area contributed by atoms with Crippen LogP contribution in [0, 0.1) is 0 Å². The van der Waals surface area contributed by atoms with Gasteiger partial charge in [0.1, 0.15) is 0 Å². The monoisotopic (exact) mass is 492 g/mol. The summed E-state index contributed by atoms with van der Waals surface area (Å²) in [6.07, 6.45) is 0. The molecule has 0 aliphatic carbocycles. The van der Waals surface area contributed by atoms with Crippen LogP contribution < -0.4 is 4.72 Å². The van der Waals surface area contributed by atoms with Gasteiger partial charge in [-0.15, -0.1) is 11.3 Å². The van der Waals surface area contributed by atoms with Crippen molar-refractivity contribution in [2.45, 2.75) is 10.8 Å². The van der Waals surface area contributed by atoms with Crippen molar-refractivity contribution < 1.29 is 8.42 Å². The van der Waals surface area contributed by atoms with Crippen molar-refractivity contribution in [3.05, 3.63) is 86.5 Å². The number of nitrogens with zero attached hydrogens (tertiary/aromatic N) is 3. The standard InChI is InChI=1S/C21H18Cl2N4O2S2/c1-24-21(26-31(28,29)16-9-7-15(22)8-10-16)27-13-17(14-5-3-2-4-6-14)20(25-27)18-11-12-19(23)30-18/h2-12,17H,13H2,1H3,(H,24,26). The third-order valence-corrected chi connectivity index (χ3v) is 7.60. The Labute approximate surface area is 194 Å². The molecule has 0 amide bonds. The van der Waals surface area contributed by atoms with Crippen LogP contribution in [-0.4, -0.2) is 38.7 Å². The number of hydrogen-bond donors (Lipinski definition) is 1. The number of guanidine groups is 1. The van der Waals surface area contributed by atoms with Crippen molar-refractivity contribution in [1.29, 1.82) is 0 Å². The number of sulfonamides is 1. The molecule has 0 fully saturated rings. The summed E-state index contributed by atoms with van der Waals surface area (Å²) < 4.78 is 28.9. The number of hydrazone groups is 1. The van der Waals surface area contributed by atoms with E-state index in [0.29, 0.717) is 15.9 Å². The van der Waals surface area contributed by atoms with E-state index >= 15 is 0 Å². The summed E-state index contributed by atoms with van der Waals surface area (Å²) in [6, 6.07) is 19.6. The molecule has 3 aromatic rings. The van der Waals surface area contributed by atoms with Gasteiger partial charge in [-0.25, -0.2) is 18.1 Å². The van der Waals surface area contributed by atoms with Crippen LogP contribution in [0.5, 0.6) is 0 Å². The van der Waals surface area contributed by atoms with E-state index in [1.54, 1.807) is 5.01 Å².